The minimum absolute atomic E-state index is 0.00181. The van der Waals surface area contributed by atoms with E-state index in [4.69, 9.17) is 4.74 Å². The normalized spacial score (nSPS) is 24.6. The number of carbonyl (C=O) groups excluding carboxylic acids is 2. The van der Waals surface area contributed by atoms with Crippen molar-refractivity contribution >= 4 is 11.9 Å². The van der Waals surface area contributed by atoms with Crippen LogP contribution in [0.1, 0.15) is 23.6 Å². The smallest absolute Gasteiger partial charge is 0.366 e. The van der Waals surface area contributed by atoms with Gasteiger partial charge in [-0.25, -0.2) is 4.79 Å². The second kappa shape index (κ2) is 9.49. The molecule has 1 aromatic rings. The first-order valence-corrected chi connectivity index (χ1v) is 11.2. The summed E-state index contributed by atoms with van der Waals surface area (Å²) in [6, 6.07) is 0.411. The van der Waals surface area contributed by atoms with Crippen molar-refractivity contribution in [2.45, 2.75) is 37.0 Å². The molecule has 3 aliphatic heterocycles. The molecule has 0 radical (unpaired) electrons. The number of ether oxygens (including phenoxy) is 1. The molecular weight excluding hydrogens is 482 g/mol. The highest BCUT2D eigenvalue weighted by Crippen LogP contribution is 2.39. The lowest BCUT2D eigenvalue weighted by molar-refractivity contribution is -0.185. The summed E-state index contributed by atoms with van der Waals surface area (Å²) in [5.41, 5.74) is -1.29. The van der Waals surface area contributed by atoms with Crippen LogP contribution < -0.4 is 5.32 Å². The highest BCUT2D eigenvalue weighted by molar-refractivity contribution is 5.79. The quantitative estimate of drug-likeness (QED) is 0.636. The van der Waals surface area contributed by atoms with Crippen LogP contribution in [-0.2, 0) is 15.7 Å². The predicted molar refractivity (Wildman–Crippen MR) is 111 cm³/mol. The van der Waals surface area contributed by atoms with Crippen molar-refractivity contribution in [3.63, 3.8) is 0 Å². The molecule has 7 nitrogen and oxygen atoms in total. The van der Waals surface area contributed by atoms with Gasteiger partial charge in [-0.15, -0.1) is 0 Å². The van der Waals surface area contributed by atoms with Gasteiger partial charge in [0.25, 0.3) is 0 Å². The average molecular weight is 508 g/mol. The van der Waals surface area contributed by atoms with Crippen molar-refractivity contribution in [2.24, 2.45) is 5.92 Å². The van der Waals surface area contributed by atoms with Crippen LogP contribution in [0.5, 0.6) is 0 Å². The monoisotopic (exact) mass is 508 g/mol. The molecule has 4 rings (SSSR count). The lowest BCUT2D eigenvalue weighted by Gasteiger charge is -2.47. The molecule has 0 bridgehead atoms. The fraction of sp³-hybridized carbons (Fsp3) is 0.636. The Labute approximate surface area is 198 Å². The van der Waals surface area contributed by atoms with Crippen LogP contribution in [-0.4, -0.2) is 91.3 Å². The SMILES string of the molecule is CN(CC1CN(C(=O)N2CC[C@@H]3OCC(=O)N[C@@H]3C2)C1)C(c1ccc(C(F)(F)F)cc1)C(F)(F)F. The van der Waals surface area contributed by atoms with Gasteiger partial charge in [-0.1, -0.05) is 12.1 Å². The molecule has 35 heavy (non-hydrogen) atoms. The Balaban J connectivity index is 1.32. The molecule has 3 aliphatic rings. The summed E-state index contributed by atoms with van der Waals surface area (Å²) in [4.78, 5) is 28.6. The molecule has 3 heterocycles. The number of nitrogens with one attached hydrogen (secondary N) is 1. The molecule has 1 aromatic carbocycles. The third-order valence-electron chi connectivity index (χ3n) is 6.67. The number of nitrogens with zero attached hydrogens (tertiary/aromatic N) is 3. The zero-order chi connectivity index (χ0) is 25.5. The van der Waals surface area contributed by atoms with Gasteiger partial charge < -0.3 is 19.9 Å². The molecule has 0 saturated carbocycles. The van der Waals surface area contributed by atoms with Gasteiger partial charge in [0.1, 0.15) is 12.6 Å². The van der Waals surface area contributed by atoms with Crippen molar-refractivity contribution in [3.05, 3.63) is 35.4 Å². The number of carbonyl (C=O) groups is 2. The van der Waals surface area contributed by atoms with Crippen LogP contribution in [0.15, 0.2) is 24.3 Å². The Morgan fingerprint density at radius 1 is 1.11 bits per heavy atom. The minimum Gasteiger partial charge on any atom is -0.366 e. The zero-order valence-corrected chi connectivity index (χ0v) is 18.9. The number of morpholine rings is 1. The second-order valence-electron chi connectivity index (χ2n) is 9.32. The number of halogens is 6. The topological polar surface area (TPSA) is 65.1 Å². The summed E-state index contributed by atoms with van der Waals surface area (Å²) in [6.45, 7) is 1.33. The van der Waals surface area contributed by atoms with Crippen LogP contribution in [0, 0.1) is 5.92 Å². The number of benzene rings is 1. The van der Waals surface area contributed by atoms with Gasteiger partial charge in [-0.05, 0) is 31.2 Å². The molecule has 194 valence electrons. The molecule has 3 amide bonds. The molecular formula is C22H26F6N4O3. The highest BCUT2D eigenvalue weighted by atomic mass is 19.4. The van der Waals surface area contributed by atoms with Gasteiger partial charge in [0.15, 0.2) is 0 Å². The fourth-order valence-corrected chi connectivity index (χ4v) is 4.98. The standard InChI is InChI=1S/C22H26F6N4O3/c1-30(19(22(26,27)28)14-2-4-15(5-3-14)21(23,24)25)8-13-9-32(10-13)20(34)31-7-6-17-16(11-31)29-18(33)12-35-17/h2-5,13,16-17,19H,6-12H2,1H3,(H,29,33)/t16-,17+,19?/m1/s1. The summed E-state index contributed by atoms with van der Waals surface area (Å²) in [6.07, 6.45) is -8.88. The van der Waals surface area contributed by atoms with Crippen molar-refractivity contribution in [3.8, 4) is 0 Å². The maximum Gasteiger partial charge on any atom is 0.416 e. The van der Waals surface area contributed by atoms with Crippen molar-refractivity contribution < 1.29 is 40.7 Å². The summed E-state index contributed by atoms with van der Waals surface area (Å²) < 4.78 is 85.2. The molecule has 3 saturated heterocycles. The van der Waals surface area contributed by atoms with E-state index in [2.05, 4.69) is 5.32 Å². The number of amides is 3. The maximum atomic E-state index is 13.8. The number of hydrogen-bond donors (Lipinski definition) is 1. The third kappa shape index (κ3) is 5.66. The summed E-state index contributed by atoms with van der Waals surface area (Å²) in [5, 5.41) is 2.81. The van der Waals surface area contributed by atoms with Crippen molar-refractivity contribution in [1.29, 1.82) is 0 Å². The molecule has 13 heteroatoms. The zero-order valence-electron chi connectivity index (χ0n) is 18.9. The number of urea groups is 1. The molecule has 0 aromatic heterocycles. The van der Waals surface area contributed by atoms with E-state index in [9.17, 15) is 35.9 Å². The molecule has 1 unspecified atom stereocenters. The van der Waals surface area contributed by atoms with Gasteiger partial charge in [-0.3, -0.25) is 9.69 Å². The van der Waals surface area contributed by atoms with Gasteiger partial charge in [-0.2, -0.15) is 26.3 Å². The lowest BCUT2D eigenvalue weighted by atomic mass is 9.96. The summed E-state index contributed by atoms with van der Waals surface area (Å²) in [5.74, 6) is -0.446. The van der Waals surface area contributed by atoms with E-state index < -0.39 is 24.0 Å². The van der Waals surface area contributed by atoms with Crippen LogP contribution in [0.25, 0.3) is 0 Å². The van der Waals surface area contributed by atoms with Crippen LogP contribution in [0.4, 0.5) is 31.1 Å². The summed E-state index contributed by atoms with van der Waals surface area (Å²) >= 11 is 0. The first-order valence-electron chi connectivity index (χ1n) is 11.2. The maximum absolute atomic E-state index is 13.8. The Hall–Kier alpha value is -2.54. The van der Waals surface area contributed by atoms with E-state index in [0.29, 0.717) is 31.6 Å². The van der Waals surface area contributed by atoms with Crippen molar-refractivity contribution in [1.82, 2.24) is 20.0 Å². The van der Waals surface area contributed by atoms with Gasteiger partial charge in [0.2, 0.25) is 5.91 Å². The average Bonchev–Trinajstić information content (AvgIpc) is 2.74. The minimum atomic E-state index is -4.69. The third-order valence-corrected chi connectivity index (χ3v) is 6.67. The Morgan fingerprint density at radius 2 is 1.77 bits per heavy atom. The van der Waals surface area contributed by atoms with Crippen LogP contribution in [0.2, 0.25) is 0 Å². The largest absolute Gasteiger partial charge is 0.416 e. The van der Waals surface area contributed by atoms with Crippen LogP contribution in [0.3, 0.4) is 0 Å². The number of likely N-dealkylation sites (tertiary alicyclic amines) is 2. The molecule has 3 atom stereocenters. The predicted octanol–water partition coefficient (Wildman–Crippen LogP) is 2.88. The highest BCUT2D eigenvalue weighted by Gasteiger charge is 2.46. The Bertz CT molecular complexity index is 933. The second-order valence-corrected chi connectivity index (χ2v) is 9.32. The Morgan fingerprint density at radius 3 is 2.37 bits per heavy atom. The number of fused-ring (bicyclic) bond motifs is 1. The molecule has 0 aliphatic carbocycles. The van der Waals surface area contributed by atoms with E-state index in [-0.39, 0.29) is 61.8 Å². The van der Waals surface area contributed by atoms with Gasteiger partial charge >= 0.3 is 18.4 Å². The number of piperidine rings is 1. The number of hydrogen-bond acceptors (Lipinski definition) is 4. The first kappa shape index (κ1) is 25.5. The summed E-state index contributed by atoms with van der Waals surface area (Å²) in [7, 11) is 1.27. The van der Waals surface area contributed by atoms with Gasteiger partial charge in [0, 0.05) is 38.6 Å². The van der Waals surface area contributed by atoms with Crippen LogP contribution >= 0.6 is 0 Å². The fourth-order valence-electron chi connectivity index (χ4n) is 4.98. The molecule has 3 fully saturated rings. The Kier molecular flexibility index (Phi) is 6.93. The van der Waals surface area contributed by atoms with E-state index in [1.54, 1.807) is 9.80 Å². The lowest BCUT2D eigenvalue weighted by Crippen LogP contribution is -2.64. The van der Waals surface area contributed by atoms with E-state index >= 15 is 0 Å². The van der Waals surface area contributed by atoms with E-state index in [0.717, 1.165) is 17.0 Å². The molecule has 1 N–H and O–H groups in total. The molecule has 0 spiro atoms. The van der Waals surface area contributed by atoms with Gasteiger partial charge in [0.05, 0.1) is 17.7 Å². The van der Waals surface area contributed by atoms with E-state index in [1.165, 1.54) is 7.05 Å². The van der Waals surface area contributed by atoms with Crippen molar-refractivity contribution in [2.75, 3.05) is 46.4 Å². The van der Waals surface area contributed by atoms with E-state index in [1.807, 2.05) is 0 Å². The number of rotatable bonds is 4. The number of alkyl halides is 6. The first-order chi connectivity index (χ1) is 16.3.